The lowest BCUT2D eigenvalue weighted by Gasteiger charge is -2.07. The molecule has 5 nitrogen and oxygen atoms in total. The Morgan fingerprint density at radius 1 is 1.17 bits per heavy atom. The summed E-state index contributed by atoms with van der Waals surface area (Å²) >= 11 is 0. The van der Waals surface area contributed by atoms with Gasteiger partial charge < -0.3 is 4.74 Å². The van der Waals surface area contributed by atoms with Gasteiger partial charge in [0.1, 0.15) is 5.75 Å². The van der Waals surface area contributed by atoms with E-state index in [1.54, 1.807) is 4.68 Å². The Morgan fingerprint density at radius 3 is 2.61 bits per heavy atom. The van der Waals surface area contributed by atoms with Gasteiger partial charge in [-0.3, -0.25) is 0 Å². The Hall–Kier alpha value is -1.91. The van der Waals surface area contributed by atoms with Crippen LogP contribution in [0.2, 0.25) is 0 Å². The maximum Gasteiger partial charge on any atom is 0.156 e. The fourth-order valence-corrected chi connectivity index (χ4v) is 1.64. The molecule has 2 aromatic rings. The van der Waals surface area contributed by atoms with Crippen molar-refractivity contribution in [1.29, 1.82) is 0 Å². The quantitative estimate of drug-likeness (QED) is 0.734. The minimum atomic E-state index is 0.765. The van der Waals surface area contributed by atoms with Gasteiger partial charge in [0, 0.05) is 6.42 Å². The Kier molecular flexibility index (Phi) is 4.28. The highest BCUT2D eigenvalue weighted by Crippen LogP contribution is 2.15. The molecule has 0 saturated heterocycles. The summed E-state index contributed by atoms with van der Waals surface area (Å²) in [6.07, 6.45) is 3.03. The third-order valence-electron chi connectivity index (χ3n) is 2.70. The molecule has 1 heterocycles. The Bertz CT molecular complexity index is 478. The molecule has 0 amide bonds. The zero-order chi connectivity index (χ0) is 12.8. The molecule has 0 saturated carbocycles. The standard InChI is InChI=1S/C13H18N4O/c1-3-5-10-18-12-8-6-11(7-9-12)17-13(4-2)14-15-16-17/h6-9H,3-5,10H2,1-2H3. The van der Waals surface area contributed by atoms with Crippen molar-refractivity contribution in [3.63, 3.8) is 0 Å². The van der Waals surface area contributed by atoms with Crippen LogP contribution in [-0.4, -0.2) is 26.8 Å². The molecule has 0 radical (unpaired) electrons. The minimum Gasteiger partial charge on any atom is -0.494 e. The molecule has 1 aromatic carbocycles. The van der Waals surface area contributed by atoms with E-state index in [0.29, 0.717) is 0 Å². The van der Waals surface area contributed by atoms with Crippen molar-refractivity contribution in [2.24, 2.45) is 0 Å². The highest BCUT2D eigenvalue weighted by atomic mass is 16.5. The summed E-state index contributed by atoms with van der Waals surface area (Å²) in [6, 6.07) is 7.84. The predicted molar refractivity (Wildman–Crippen MR) is 68.9 cm³/mol. The zero-order valence-corrected chi connectivity index (χ0v) is 10.8. The van der Waals surface area contributed by atoms with Crippen LogP contribution in [-0.2, 0) is 6.42 Å². The van der Waals surface area contributed by atoms with Crippen molar-refractivity contribution in [2.75, 3.05) is 6.61 Å². The summed E-state index contributed by atoms with van der Waals surface area (Å²) in [4.78, 5) is 0. The number of hydrogen-bond acceptors (Lipinski definition) is 4. The summed E-state index contributed by atoms with van der Waals surface area (Å²) in [7, 11) is 0. The zero-order valence-electron chi connectivity index (χ0n) is 10.8. The second kappa shape index (κ2) is 6.14. The van der Waals surface area contributed by atoms with Crippen LogP contribution in [0.3, 0.4) is 0 Å². The average Bonchev–Trinajstić information content (AvgIpc) is 2.88. The van der Waals surface area contributed by atoms with E-state index in [1.807, 2.05) is 31.2 Å². The molecular weight excluding hydrogens is 228 g/mol. The molecular formula is C13H18N4O. The Morgan fingerprint density at radius 2 is 1.94 bits per heavy atom. The molecule has 2 rings (SSSR count). The van der Waals surface area contributed by atoms with Gasteiger partial charge in [-0.25, -0.2) is 0 Å². The number of tetrazole rings is 1. The van der Waals surface area contributed by atoms with Gasteiger partial charge in [-0.1, -0.05) is 20.3 Å². The lowest BCUT2D eigenvalue weighted by molar-refractivity contribution is 0.309. The van der Waals surface area contributed by atoms with Crippen LogP contribution in [0.5, 0.6) is 5.75 Å². The molecule has 0 spiro atoms. The van der Waals surface area contributed by atoms with Crippen LogP contribution in [0.25, 0.3) is 5.69 Å². The number of aromatic nitrogens is 4. The number of rotatable bonds is 6. The second-order valence-corrected chi connectivity index (χ2v) is 4.06. The van der Waals surface area contributed by atoms with Crippen LogP contribution in [0.15, 0.2) is 24.3 Å². The molecule has 18 heavy (non-hydrogen) atoms. The SMILES string of the molecule is CCCCOc1ccc(-n2nnnc2CC)cc1. The van der Waals surface area contributed by atoms with Gasteiger partial charge in [-0.05, 0) is 41.1 Å². The summed E-state index contributed by atoms with van der Waals surface area (Å²) in [5, 5.41) is 11.6. The van der Waals surface area contributed by atoms with Crippen molar-refractivity contribution in [3.05, 3.63) is 30.1 Å². The first-order valence-electron chi connectivity index (χ1n) is 6.35. The van der Waals surface area contributed by atoms with Crippen LogP contribution < -0.4 is 4.74 Å². The first-order chi connectivity index (χ1) is 8.85. The van der Waals surface area contributed by atoms with Crippen LogP contribution in [0.1, 0.15) is 32.5 Å². The van der Waals surface area contributed by atoms with E-state index >= 15 is 0 Å². The smallest absolute Gasteiger partial charge is 0.156 e. The van der Waals surface area contributed by atoms with E-state index in [2.05, 4.69) is 22.4 Å². The lowest BCUT2D eigenvalue weighted by Crippen LogP contribution is -2.02. The third-order valence-corrected chi connectivity index (χ3v) is 2.70. The predicted octanol–water partition coefficient (Wildman–Crippen LogP) is 2.40. The summed E-state index contributed by atoms with van der Waals surface area (Å²) in [5.41, 5.74) is 0.958. The number of unbranched alkanes of at least 4 members (excludes halogenated alkanes) is 1. The molecule has 0 aliphatic carbocycles. The maximum atomic E-state index is 5.61. The van der Waals surface area contributed by atoms with Crippen LogP contribution in [0, 0.1) is 0 Å². The van der Waals surface area contributed by atoms with Gasteiger partial charge in [-0.15, -0.1) is 5.10 Å². The van der Waals surface area contributed by atoms with Gasteiger partial charge in [0.15, 0.2) is 5.82 Å². The van der Waals surface area contributed by atoms with E-state index in [9.17, 15) is 0 Å². The van der Waals surface area contributed by atoms with Gasteiger partial charge in [0.25, 0.3) is 0 Å². The third kappa shape index (κ3) is 2.85. The Labute approximate surface area is 107 Å². The first kappa shape index (κ1) is 12.5. The highest BCUT2D eigenvalue weighted by molar-refractivity contribution is 5.37. The average molecular weight is 246 g/mol. The summed E-state index contributed by atoms with van der Waals surface area (Å²) < 4.78 is 7.36. The van der Waals surface area contributed by atoms with Crippen LogP contribution >= 0.6 is 0 Å². The van der Waals surface area contributed by atoms with Gasteiger partial charge in [-0.2, -0.15) is 4.68 Å². The molecule has 0 N–H and O–H groups in total. The minimum absolute atomic E-state index is 0.765. The Balaban J connectivity index is 2.07. The second-order valence-electron chi connectivity index (χ2n) is 4.06. The van der Waals surface area contributed by atoms with E-state index < -0.39 is 0 Å². The molecule has 96 valence electrons. The molecule has 0 aliphatic heterocycles. The number of benzene rings is 1. The van der Waals surface area contributed by atoms with Gasteiger partial charge >= 0.3 is 0 Å². The van der Waals surface area contributed by atoms with Gasteiger partial charge in [0.05, 0.1) is 12.3 Å². The number of aryl methyl sites for hydroxylation is 1. The van der Waals surface area contributed by atoms with Crippen molar-refractivity contribution < 1.29 is 4.74 Å². The fourth-order valence-electron chi connectivity index (χ4n) is 1.64. The van der Waals surface area contributed by atoms with E-state index in [1.165, 1.54) is 0 Å². The van der Waals surface area contributed by atoms with E-state index in [-0.39, 0.29) is 0 Å². The molecule has 0 atom stereocenters. The number of hydrogen-bond donors (Lipinski definition) is 0. The van der Waals surface area contributed by atoms with Crippen molar-refractivity contribution in [2.45, 2.75) is 33.1 Å². The number of nitrogens with zero attached hydrogens (tertiary/aromatic N) is 4. The summed E-state index contributed by atoms with van der Waals surface area (Å²) in [5.74, 6) is 1.74. The molecule has 0 fully saturated rings. The normalized spacial score (nSPS) is 10.6. The topological polar surface area (TPSA) is 52.8 Å². The lowest BCUT2D eigenvalue weighted by atomic mass is 10.3. The first-order valence-corrected chi connectivity index (χ1v) is 6.35. The van der Waals surface area contributed by atoms with Crippen molar-refractivity contribution in [3.8, 4) is 11.4 Å². The largest absolute Gasteiger partial charge is 0.494 e. The van der Waals surface area contributed by atoms with E-state index in [0.717, 1.165) is 43.1 Å². The monoisotopic (exact) mass is 246 g/mol. The highest BCUT2D eigenvalue weighted by Gasteiger charge is 2.05. The van der Waals surface area contributed by atoms with Crippen molar-refractivity contribution >= 4 is 0 Å². The van der Waals surface area contributed by atoms with Crippen molar-refractivity contribution in [1.82, 2.24) is 20.2 Å². The van der Waals surface area contributed by atoms with E-state index in [4.69, 9.17) is 4.74 Å². The molecule has 0 bridgehead atoms. The molecule has 5 heteroatoms. The van der Waals surface area contributed by atoms with Gasteiger partial charge in [0.2, 0.25) is 0 Å². The number of ether oxygens (including phenoxy) is 1. The molecule has 0 unspecified atom stereocenters. The molecule has 0 aliphatic rings. The molecule has 1 aromatic heterocycles. The van der Waals surface area contributed by atoms with Crippen LogP contribution in [0.4, 0.5) is 0 Å². The fraction of sp³-hybridized carbons (Fsp3) is 0.462. The summed E-state index contributed by atoms with van der Waals surface area (Å²) in [6.45, 7) is 4.95. The maximum absolute atomic E-state index is 5.61.